The smallest absolute Gasteiger partial charge is 0.173 e. The molecule has 1 atom stereocenters. The van der Waals surface area contributed by atoms with Crippen molar-refractivity contribution in [3.8, 4) is 0 Å². The fraction of sp³-hybridized carbons (Fsp3) is 0.385. The summed E-state index contributed by atoms with van der Waals surface area (Å²) < 4.78 is 24.4. The zero-order valence-electron chi connectivity index (χ0n) is 11.4. The Bertz CT molecular complexity index is 792. The number of pyridine rings is 1. The number of hydrogen-bond acceptors (Lipinski definition) is 5. The number of nitrogens with one attached hydrogen (secondary N) is 1. The Morgan fingerprint density at radius 1 is 1.50 bits per heavy atom. The van der Waals surface area contributed by atoms with Crippen molar-refractivity contribution in [2.75, 3.05) is 5.75 Å². The molecule has 106 valence electrons. The quantitative estimate of drug-likeness (QED) is 0.900. The lowest BCUT2D eigenvalue weighted by molar-refractivity contribution is 0.590. The van der Waals surface area contributed by atoms with Crippen LogP contribution in [-0.4, -0.2) is 35.0 Å². The second-order valence-corrected chi connectivity index (χ2v) is 7.00. The molecule has 0 bridgehead atoms. The van der Waals surface area contributed by atoms with Crippen molar-refractivity contribution >= 4 is 20.9 Å². The first-order valence-electron chi connectivity index (χ1n) is 6.37. The van der Waals surface area contributed by atoms with Crippen LogP contribution in [0.1, 0.15) is 11.3 Å². The molecule has 20 heavy (non-hydrogen) atoms. The summed E-state index contributed by atoms with van der Waals surface area (Å²) in [6, 6.07) is 1.93. The van der Waals surface area contributed by atoms with Crippen LogP contribution in [0.5, 0.6) is 0 Å². The Balaban J connectivity index is 1.75. The Hall–Kier alpha value is -1.73. The number of rotatable bonds is 3. The van der Waals surface area contributed by atoms with Crippen LogP contribution in [0.3, 0.4) is 0 Å². The molecule has 1 N–H and O–H groups in total. The van der Waals surface area contributed by atoms with Crippen molar-refractivity contribution in [1.82, 2.24) is 20.1 Å². The van der Waals surface area contributed by atoms with Crippen LogP contribution in [0.15, 0.2) is 23.7 Å². The van der Waals surface area contributed by atoms with E-state index in [9.17, 15) is 8.42 Å². The fourth-order valence-electron chi connectivity index (χ4n) is 2.40. The van der Waals surface area contributed by atoms with Gasteiger partial charge >= 0.3 is 0 Å². The summed E-state index contributed by atoms with van der Waals surface area (Å²) in [6.07, 6.45) is 3.49. The van der Waals surface area contributed by atoms with Gasteiger partial charge in [-0.1, -0.05) is 6.08 Å². The van der Waals surface area contributed by atoms with Crippen LogP contribution in [0.25, 0.3) is 11.0 Å². The predicted molar refractivity (Wildman–Crippen MR) is 76.8 cm³/mol. The molecule has 0 saturated heterocycles. The van der Waals surface area contributed by atoms with Crippen LogP contribution < -0.4 is 5.32 Å². The molecule has 0 amide bonds. The van der Waals surface area contributed by atoms with Gasteiger partial charge in [-0.25, -0.2) is 13.4 Å². The molecular weight excluding hydrogens is 276 g/mol. The van der Waals surface area contributed by atoms with E-state index in [1.54, 1.807) is 17.0 Å². The molecule has 3 heterocycles. The third kappa shape index (κ3) is 2.46. The van der Waals surface area contributed by atoms with Gasteiger partial charge in [0, 0.05) is 36.6 Å². The molecule has 0 fully saturated rings. The average Bonchev–Trinajstić information content (AvgIpc) is 2.88. The SMILES string of the molecule is Cc1nn(C)c2ncc(CNC3C=CS(=O)(=O)C3)cc12. The fourth-order valence-corrected chi connectivity index (χ4v) is 3.67. The highest BCUT2D eigenvalue weighted by Crippen LogP contribution is 2.17. The number of fused-ring (bicyclic) bond motifs is 1. The summed E-state index contributed by atoms with van der Waals surface area (Å²) >= 11 is 0. The minimum Gasteiger partial charge on any atom is -0.305 e. The molecule has 3 rings (SSSR count). The molecule has 1 unspecified atom stereocenters. The number of sulfone groups is 1. The minimum atomic E-state index is -3.01. The van der Waals surface area contributed by atoms with E-state index >= 15 is 0 Å². The summed E-state index contributed by atoms with van der Waals surface area (Å²) in [4.78, 5) is 4.40. The van der Waals surface area contributed by atoms with Crippen LogP contribution in [0.2, 0.25) is 0 Å². The van der Waals surface area contributed by atoms with E-state index in [4.69, 9.17) is 0 Å². The Kier molecular flexibility index (Phi) is 3.10. The molecular formula is C13H16N4O2S. The molecule has 0 aliphatic carbocycles. The lowest BCUT2D eigenvalue weighted by atomic mass is 10.2. The lowest BCUT2D eigenvalue weighted by Crippen LogP contribution is -2.29. The van der Waals surface area contributed by atoms with Crippen molar-refractivity contribution < 1.29 is 8.42 Å². The third-order valence-corrected chi connectivity index (χ3v) is 4.81. The summed E-state index contributed by atoms with van der Waals surface area (Å²) in [7, 11) is -1.14. The number of aryl methyl sites for hydroxylation is 2. The third-order valence-electron chi connectivity index (χ3n) is 3.42. The number of hydrogen-bond donors (Lipinski definition) is 1. The van der Waals surface area contributed by atoms with Gasteiger partial charge in [0.1, 0.15) is 0 Å². The zero-order chi connectivity index (χ0) is 14.3. The van der Waals surface area contributed by atoms with Crippen LogP contribution in [0.4, 0.5) is 0 Å². The highest BCUT2D eigenvalue weighted by molar-refractivity contribution is 7.94. The van der Waals surface area contributed by atoms with Gasteiger partial charge in [-0.3, -0.25) is 4.68 Å². The van der Waals surface area contributed by atoms with Gasteiger partial charge in [0.25, 0.3) is 0 Å². The van der Waals surface area contributed by atoms with Gasteiger partial charge < -0.3 is 5.32 Å². The maximum atomic E-state index is 11.3. The first-order chi connectivity index (χ1) is 9.44. The van der Waals surface area contributed by atoms with Crippen molar-refractivity contribution in [3.05, 3.63) is 35.0 Å². The van der Waals surface area contributed by atoms with Crippen LogP contribution in [-0.2, 0) is 23.4 Å². The predicted octanol–water partition coefficient (Wildman–Crippen LogP) is 0.677. The molecule has 1 aliphatic heterocycles. The van der Waals surface area contributed by atoms with E-state index in [1.165, 1.54) is 5.41 Å². The van der Waals surface area contributed by atoms with E-state index in [0.717, 1.165) is 22.3 Å². The highest BCUT2D eigenvalue weighted by Gasteiger charge is 2.20. The summed E-state index contributed by atoms with van der Waals surface area (Å²) in [5, 5.41) is 9.85. The van der Waals surface area contributed by atoms with Crippen molar-refractivity contribution in [2.45, 2.75) is 19.5 Å². The van der Waals surface area contributed by atoms with Crippen LogP contribution in [0, 0.1) is 6.92 Å². The normalized spacial score (nSPS) is 20.8. The zero-order valence-corrected chi connectivity index (χ0v) is 12.2. The van der Waals surface area contributed by atoms with E-state index in [1.807, 2.05) is 20.0 Å². The molecule has 2 aromatic heterocycles. The van der Waals surface area contributed by atoms with E-state index in [2.05, 4.69) is 15.4 Å². The topological polar surface area (TPSA) is 76.9 Å². The van der Waals surface area contributed by atoms with Crippen molar-refractivity contribution in [3.63, 3.8) is 0 Å². The number of nitrogens with zero attached hydrogens (tertiary/aromatic N) is 3. The first-order valence-corrected chi connectivity index (χ1v) is 8.09. The van der Waals surface area contributed by atoms with Gasteiger partial charge in [-0.15, -0.1) is 0 Å². The Morgan fingerprint density at radius 3 is 3.00 bits per heavy atom. The van der Waals surface area contributed by atoms with Crippen molar-refractivity contribution in [1.29, 1.82) is 0 Å². The van der Waals surface area contributed by atoms with E-state index < -0.39 is 9.84 Å². The summed E-state index contributed by atoms with van der Waals surface area (Å²) in [6.45, 7) is 2.54. The largest absolute Gasteiger partial charge is 0.305 e. The molecule has 1 aliphatic rings. The van der Waals surface area contributed by atoms with Gasteiger partial charge in [0.05, 0.1) is 11.4 Å². The standard InChI is InChI=1S/C13H16N4O2S/c1-9-12-5-10(7-15-13(12)17(2)16-9)6-14-11-3-4-20(18,19)8-11/h3-5,7,11,14H,6,8H2,1-2H3. The van der Waals surface area contributed by atoms with E-state index in [0.29, 0.717) is 6.54 Å². The molecule has 0 aromatic carbocycles. The monoisotopic (exact) mass is 292 g/mol. The van der Waals surface area contributed by atoms with Crippen LogP contribution >= 0.6 is 0 Å². The van der Waals surface area contributed by atoms with Gasteiger partial charge in [0.15, 0.2) is 15.5 Å². The highest BCUT2D eigenvalue weighted by atomic mass is 32.2. The molecule has 0 saturated carbocycles. The van der Waals surface area contributed by atoms with E-state index in [-0.39, 0.29) is 11.8 Å². The molecule has 0 radical (unpaired) electrons. The average molecular weight is 292 g/mol. The Morgan fingerprint density at radius 2 is 2.30 bits per heavy atom. The van der Waals surface area contributed by atoms with Crippen molar-refractivity contribution in [2.24, 2.45) is 7.05 Å². The minimum absolute atomic E-state index is 0.120. The van der Waals surface area contributed by atoms with Gasteiger partial charge in [0.2, 0.25) is 0 Å². The maximum Gasteiger partial charge on any atom is 0.173 e. The summed E-state index contributed by atoms with van der Waals surface area (Å²) in [5.74, 6) is 0.134. The second-order valence-electron chi connectivity index (χ2n) is 5.07. The molecule has 7 heteroatoms. The lowest BCUT2D eigenvalue weighted by Gasteiger charge is -2.09. The summed E-state index contributed by atoms with van der Waals surface area (Å²) in [5.41, 5.74) is 2.82. The number of aromatic nitrogens is 3. The van der Waals surface area contributed by atoms with Gasteiger partial charge in [-0.2, -0.15) is 5.10 Å². The molecule has 2 aromatic rings. The Labute approximate surface area is 117 Å². The maximum absolute atomic E-state index is 11.3. The first kappa shape index (κ1) is 13.3. The molecule has 6 nitrogen and oxygen atoms in total. The second kappa shape index (κ2) is 4.68. The van der Waals surface area contributed by atoms with Gasteiger partial charge in [-0.05, 0) is 18.6 Å². The molecule has 0 spiro atoms.